The number of amides is 1. The fourth-order valence-corrected chi connectivity index (χ4v) is 1.81. The summed E-state index contributed by atoms with van der Waals surface area (Å²) in [4.78, 5) is 47.5. The van der Waals surface area contributed by atoms with Crippen molar-refractivity contribution in [1.82, 2.24) is 5.32 Å². The van der Waals surface area contributed by atoms with Crippen LogP contribution >= 0.6 is 0 Å². The van der Waals surface area contributed by atoms with Crippen LogP contribution in [-0.2, 0) is 19.2 Å². The maximum Gasteiger partial charge on any atom is 0.354 e. The van der Waals surface area contributed by atoms with Crippen molar-refractivity contribution < 1.29 is 34.5 Å². The van der Waals surface area contributed by atoms with Crippen LogP contribution in [0.5, 0.6) is 0 Å². The van der Waals surface area contributed by atoms with E-state index < -0.39 is 35.9 Å². The lowest BCUT2D eigenvalue weighted by Crippen LogP contribution is -2.31. The zero-order chi connectivity index (χ0) is 18.3. The lowest BCUT2D eigenvalue weighted by molar-refractivity contribution is -0.139. The van der Waals surface area contributed by atoms with Crippen molar-refractivity contribution in [3.05, 3.63) is 23.9 Å². The number of carbonyl (C=O) groups excluding carboxylic acids is 1. The first-order chi connectivity index (χ1) is 11.2. The van der Waals surface area contributed by atoms with Gasteiger partial charge in [0.2, 0.25) is 5.91 Å². The van der Waals surface area contributed by atoms with E-state index in [1.807, 2.05) is 0 Å². The molecule has 0 aromatic carbocycles. The van der Waals surface area contributed by atoms with Gasteiger partial charge in [0, 0.05) is 19.0 Å². The first-order valence-corrected chi connectivity index (χ1v) is 6.89. The minimum atomic E-state index is -1.35. The first kappa shape index (κ1) is 19.0. The first-order valence-electron chi connectivity index (χ1n) is 6.89. The Morgan fingerprint density at radius 2 is 2.00 bits per heavy atom. The Labute approximate surface area is 136 Å². The van der Waals surface area contributed by atoms with Crippen molar-refractivity contribution in [2.45, 2.75) is 31.3 Å². The molecule has 0 saturated carbocycles. The number of nitrogens with zero attached hydrogens (tertiary/aromatic N) is 1. The Hall–Kier alpha value is -3.01. The molecule has 0 bridgehead atoms. The quantitative estimate of drug-likeness (QED) is 0.378. The number of carbonyl (C=O) groups is 4. The summed E-state index contributed by atoms with van der Waals surface area (Å²) in [6, 6.07) is -2.34. The third-order valence-corrected chi connectivity index (χ3v) is 3.09. The van der Waals surface area contributed by atoms with Crippen LogP contribution < -0.4 is 11.1 Å². The van der Waals surface area contributed by atoms with E-state index in [2.05, 4.69) is 10.3 Å². The molecule has 10 nitrogen and oxygen atoms in total. The van der Waals surface area contributed by atoms with Crippen molar-refractivity contribution in [3.8, 4) is 0 Å². The van der Waals surface area contributed by atoms with Crippen LogP contribution in [0.25, 0.3) is 0 Å². The molecule has 0 radical (unpaired) electrons. The van der Waals surface area contributed by atoms with Gasteiger partial charge in [0.15, 0.2) is 6.04 Å². The number of carboxylic acids is 3. The zero-order valence-electron chi connectivity index (χ0n) is 12.5. The molecule has 1 amide bonds. The number of nitrogens with one attached hydrogen (secondary N) is 1. The number of aliphatic carboxylic acids is 3. The summed E-state index contributed by atoms with van der Waals surface area (Å²) in [7, 11) is 0. The number of allylic oxidation sites excluding steroid dienone is 1. The molecule has 130 valence electrons. The van der Waals surface area contributed by atoms with Gasteiger partial charge in [-0.15, -0.1) is 0 Å². The Kier molecular flexibility index (Phi) is 6.80. The van der Waals surface area contributed by atoms with Crippen LogP contribution in [0.3, 0.4) is 0 Å². The van der Waals surface area contributed by atoms with E-state index in [1.54, 1.807) is 0 Å². The van der Waals surface area contributed by atoms with Crippen LogP contribution in [0.4, 0.5) is 0 Å². The number of hydrogen-bond acceptors (Lipinski definition) is 6. The van der Waals surface area contributed by atoms with Crippen LogP contribution in [0, 0.1) is 0 Å². The van der Waals surface area contributed by atoms with Gasteiger partial charge in [-0.2, -0.15) is 0 Å². The van der Waals surface area contributed by atoms with E-state index in [0.29, 0.717) is 5.57 Å². The number of dihydropyridines is 1. The average molecular weight is 339 g/mol. The highest BCUT2D eigenvalue weighted by atomic mass is 16.4. The summed E-state index contributed by atoms with van der Waals surface area (Å²) in [5, 5.41) is 28.8. The molecule has 1 heterocycles. The molecule has 10 heteroatoms. The van der Waals surface area contributed by atoms with Crippen molar-refractivity contribution in [2.75, 3.05) is 0 Å². The van der Waals surface area contributed by atoms with E-state index in [-0.39, 0.29) is 25.0 Å². The second-order valence-electron chi connectivity index (χ2n) is 4.98. The number of nitrogens with two attached hydrogens (primary N) is 1. The standard InChI is InChI=1S/C14H17N3O7/c15-8(12(19)20)1-2-11(18)16-4-3-7-5-9(13(21)22)17-10(6-7)14(23)24/h3-5,8,10H,1-2,6,15H2,(H,16,18)(H,19,20)(H,21,22)(H,23,24)/b4-3+/t8-,10-/m0/s1. The second-order valence-corrected chi connectivity index (χ2v) is 4.98. The Morgan fingerprint density at radius 3 is 2.54 bits per heavy atom. The zero-order valence-corrected chi connectivity index (χ0v) is 12.5. The van der Waals surface area contributed by atoms with Crippen molar-refractivity contribution >= 4 is 29.5 Å². The number of hydrogen-bond donors (Lipinski definition) is 5. The molecular weight excluding hydrogens is 322 g/mol. The minimum Gasteiger partial charge on any atom is -0.480 e. The summed E-state index contributed by atoms with van der Waals surface area (Å²) >= 11 is 0. The van der Waals surface area contributed by atoms with Gasteiger partial charge in [-0.25, -0.2) is 9.59 Å². The van der Waals surface area contributed by atoms with Crippen LogP contribution in [0.1, 0.15) is 19.3 Å². The van der Waals surface area contributed by atoms with Crippen molar-refractivity contribution in [3.63, 3.8) is 0 Å². The molecule has 0 unspecified atom stereocenters. The monoisotopic (exact) mass is 339 g/mol. The predicted octanol–water partition coefficient (Wildman–Crippen LogP) is -0.883. The van der Waals surface area contributed by atoms with Gasteiger partial charge in [0.1, 0.15) is 11.8 Å². The van der Waals surface area contributed by atoms with E-state index >= 15 is 0 Å². The molecule has 0 fully saturated rings. The SMILES string of the molecule is N[C@@H](CCC(=O)N/C=C/C1=CC(C(=O)O)=N[C@H](C(=O)O)C1)C(=O)O. The van der Waals surface area contributed by atoms with Gasteiger partial charge < -0.3 is 26.4 Å². The van der Waals surface area contributed by atoms with E-state index in [1.165, 1.54) is 18.4 Å². The fraction of sp³-hybridized carbons (Fsp3) is 0.357. The van der Waals surface area contributed by atoms with Gasteiger partial charge in [-0.1, -0.05) is 0 Å². The van der Waals surface area contributed by atoms with Crippen LogP contribution in [0.15, 0.2) is 28.9 Å². The maximum atomic E-state index is 11.5. The topological polar surface area (TPSA) is 179 Å². The van der Waals surface area contributed by atoms with E-state index in [9.17, 15) is 19.2 Å². The highest BCUT2D eigenvalue weighted by Gasteiger charge is 2.24. The van der Waals surface area contributed by atoms with E-state index in [0.717, 1.165) is 0 Å². The van der Waals surface area contributed by atoms with Crippen molar-refractivity contribution in [2.24, 2.45) is 10.7 Å². The van der Waals surface area contributed by atoms with Gasteiger partial charge in [0.25, 0.3) is 0 Å². The summed E-state index contributed by atoms with van der Waals surface area (Å²) in [6.07, 6.45) is 3.66. The summed E-state index contributed by atoms with van der Waals surface area (Å²) < 4.78 is 0. The fourth-order valence-electron chi connectivity index (χ4n) is 1.81. The summed E-state index contributed by atoms with van der Waals surface area (Å²) in [5.41, 5.74) is 5.26. The number of rotatable bonds is 8. The van der Waals surface area contributed by atoms with Gasteiger partial charge >= 0.3 is 17.9 Å². The maximum absolute atomic E-state index is 11.5. The molecule has 1 aliphatic rings. The largest absolute Gasteiger partial charge is 0.480 e. The summed E-state index contributed by atoms with van der Waals surface area (Å²) in [6.45, 7) is 0. The minimum absolute atomic E-state index is 0.0115. The smallest absolute Gasteiger partial charge is 0.354 e. The van der Waals surface area contributed by atoms with Gasteiger partial charge in [0.05, 0.1) is 0 Å². The predicted molar refractivity (Wildman–Crippen MR) is 81.3 cm³/mol. The molecule has 0 spiro atoms. The Bertz CT molecular complexity index is 636. The lowest BCUT2D eigenvalue weighted by atomic mass is 10.0. The normalized spacial score (nSPS) is 18.5. The molecule has 2 atom stereocenters. The van der Waals surface area contributed by atoms with Gasteiger partial charge in [-0.05, 0) is 24.1 Å². The number of aliphatic imine (C=N–C) groups is 1. The summed E-state index contributed by atoms with van der Waals surface area (Å²) in [5.74, 6) is -4.27. The van der Waals surface area contributed by atoms with Gasteiger partial charge in [-0.3, -0.25) is 14.6 Å². The average Bonchev–Trinajstić information content (AvgIpc) is 2.51. The third kappa shape index (κ3) is 6.01. The molecular formula is C14H17N3O7. The molecule has 6 N–H and O–H groups in total. The molecule has 0 aromatic rings. The van der Waals surface area contributed by atoms with E-state index in [4.69, 9.17) is 21.1 Å². The Morgan fingerprint density at radius 1 is 1.33 bits per heavy atom. The molecule has 24 heavy (non-hydrogen) atoms. The van der Waals surface area contributed by atoms with Crippen molar-refractivity contribution in [1.29, 1.82) is 0 Å². The highest BCUT2D eigenvalue weighted by molar-refractivity contribution is 6.41. The molecule has 1 aliphatic heterocycles. The van der Waals surface area contributed by atoms with Crippen LogP contribution in [-0.4, -0.2) is 56.9 Å². The highest BCUT2D eigenvalue weighted by Crippen LogP contribution is 2.16. The molecule has 0 aromatic heterocycles. The second kappa shape index (κ2) is 8.58. The molecule has 0 aliphatic carbocycles. The van der Waals surface area contributed by atoms with Crippen LogP contribution in [0.2, 0.25) is 0 Å². The third-order valence-electron chi connectivity index (χ3n) is 3.09. The molecule has 1 rings (SSSR count). The molecule has 0 saturated heterocycles. The Balaban J connectivity index is 2.61. The lowest BCUT2D eigenvalue weighted by Gasteiger charge is -2.14. The number of carboxylic acid groups (broad SMARTS) is 3.